The zero-order valence-corrected chi connectivity index (χ0v) is 9.28. The van der Waals surface area contributed by atoms with Gasteiger partial charge in [-0.3, -0.25) is 0 Å². The van der Waals surface area contributed by atoms with Gasteiger partial charge in [-0.2, -0.15) is 0 Å². The van der Waals surface area contributed by atoms with E-state index in [4.69, 9.17) is 10.2 Å². The van der Waals surface area contributed by atoms with E-state index in [1.54, 1.807) is 0 Å². The van der Waals surface area contributed by atoms with Crippen molar-refractivity contribution in [1.29, 1.82) is 0 Å². The number of H-pyrrole nitrogens is 1. The minimum absolute atomic E-state index is 0.129. The van der Waals surface area contributed by atoms with Crippen LogP contribution in [0.3, 0.4) is 0 Å². The number of hydrogen-bond acceptors (Lipinski definition) is 4. The standard InChI is InChI=1S/C8H12N2O5S/c1-5(11)3-10-16(14,15)6-2-7(8(12)13)9-4-6/h2,4-5,9-11H,3H2,1H3,(H,12,13). The van der Waals surface area contributed by atoms with Gasteiger partial charge in [0.05, 0.1) is 6.10 Å². The SMILES string of the molecule is CC(O)CNS(=O)(=O)c1c[nH]c(C(=O)O)c1. The van der Waals surface area contributed by atoms with Gasteiger partial charge in [0.15, 0.2) is 0 Å². The van der Waals surface area contributed by atoms with Crippen molar-refractivity contribution in [1.82, 2.24) is 9.71 Å². The zero-order valence-electron chi connectivity index (χ0n) is 8.47. The number of sulfonamides is 1. The van der Waals surface area contributed by atoms with Crippen molar-refractivity contribution in [3.05, 3.63) is 18.0 Å². The number of nitrogens with one attached hydrogen (secondary N) is 2. The average molecular weight is 248 g/mol. The Labute approximate surface area is 92.2 Å². The molecule has 1 rings (SSSR count). The van der Waals surface area contributed by atoms with Gasteiger partial charge in [-0.15, -0.1) is 0 Å². The molecule has 0 radical (unpaired) electrons. The number of carboxylic acid groups (broad SMARTS) is 1. The van der Waals surface area contributed by atoms with Gasteiger partial charge in [-0.25, -0.2) is 17.9 Å². The van der Waals surface area contributed by atoms with E-state index in [0.29, 0.717) is 0 Å². The first-order valence-corrected chi connectivity index (χ1v) is 5.90. The zero-order chi connectivity index (χ0) is 12.3. The summed E-state index contributed by atoms with van der Waals surface area (Å²) in [7, 11) is -3.77. The predicted octanol–water partition coefficient (Wildman–Crippen LogP) is -0.628. The van der Waals surface area contributed by atoms with E-state index in [0.717, 1.165) is 12.3 Å². The third-order valence-electron chi connectivity index (χ3n) is 1.77. The highest BCUT2D eigenvalue weighted by molar-refractivity contribution is 7.89. The Bertz CT molecular complexity index is 476. The summed E-state index contributed by atoms with van der Waals surface area (Å²) in [6, 6.07) is 1.01. The minimum atomic E-state index is -3.77. The molecule has 8 heteroatoms. The molecule has 0 saturated carbocycles. The van der Waals surface area contributed by atoms with Crippen molar-refractivity contribution in [3.63, 3.8) is 0 Å². The summed E-state index contributed by atoms with van der Waals surface area (Å²) in [6.07, 6.45) is 0.265. The maximum absolute atomic E-state index is 11.5. The first-order valence-electron chi connectivity index (χ1n) is 4.42. The molecule has 1 aromatic heterocycles. The Morgan fingerprint density at radius 1 is 1.62 bits per heavy atom. The van der Waals surface area contributed by atoms with Crippen LogP contribution in [0.15, 0.2) is 17.2 Å². The number of aromatic carboxylic acids is 1. The van der Waals surface area contributed by atoms with E-state index < -0.39 is 22.1 Å². The van der Waals surface area contributed by atoms with Gasteiger partial charge in [0.25, 0.3) is 0 Å². The highest BCUT2D eigenvalue weighted by Crippen LogP contribution is 2.10. The molecule has 90 valence electrons. The number of aliphatic hydroxyl groups excluding tert-OH is 1. The smallest absolute Gasteiger partial charge is 0.352 e. The predicted molar refractivity (Wildman–Crippen MR) is 54.6 cm³/mol. The normalized spacial score (nSPS) is 13.6. The summed E-state index contributed by atoms with van der Waals surface area (Å²) >= 11 is 0. The fraction of sp³-hybridized carbons (Fsp3) is 0.375. The Morgan fingerprint density at radius 2 is 2.25 bits per heavy atom. The van der Waals surface area contributed by atoms with Gasteiger partial charge in [0.1, 0.15) is 10.6 Å². The van der Waals surface area contributed by atoms with E-state index in [1.165, 1.54) is 6.92 Å². The van der Waals surface area contributed by atoms with E-state index >= 15 is 0 Å². The highest BCUT2D eigenvalue weighted by Gasteiger charge is 2.18. The Morgan fingerprint density at radius 3 is 2.69 bits per heavy atom. The lowest BCUT2D eigenvalue weighted by Gasteiger charge is -2.06. The molecule has 4 N–H and O–H groups in total. The first-order chi connectivity index (χ1) is 7.33. The van der Waals surface area contributed by atoms with Crippen LogP contribution in [0.1, 0.15) is 17.4 Å². The minimum Gasteiger partial charge on any atom is -0.477 e. The van der Waals surface area contributed by atoms with Crippen LogP contribution in [0.2, 0.25) is 0 Å². The molecule has 7 nitrogen and oxygen atoms in total. The lowest BCUT2D eigenvalue weighted by atomic mass is 10.4. The number of carbonyl (C=O) groups is 1. The van der Waals surface area contributed by atoms with Gasteiger partial charge in [-0.05, 0) is 13.0 Å². The molecule has 16 heavy (non-hydrogen) atoms. The Hall–Kier alpha value is -1.38. The number of rotatable bonds is 5. The molecule has 0 spiro atoms. The molecule has 1 heterocycles. The molecular weight excluding hydrogens is 236 g/mol. The number of aromatic nitrogens is 1. The molecule has 0 aliphatic rings. The fourth-order valence-corrected chi connectivity index (χ4v) is 2.08. The fourth-order valence-electron chi connectivity index (χ4n) is 0.967. The third-order valence-corrected chi connectivity index (χ3v) is 3.17. The van der Waals surface area contributed by atoms with E-state index in [-0.39, 0.29) is 17.1 Å². The quantitative estimate of drug-likeness (QED) is 0.553. The molecular formula is C8H12N2O5S. The van der Waals surface area contributed by atoms with Crippen molar-refractivity contribution in [2.75, 3.05) is 6.54 Å². The van der Waals surface area contributed by atoms with Crippen LogP contribution in [0.4, 0.5) is 0 Å². The van der Waals surface area contributed by atoms with Crippen molar-refractivity contribution >= 4 is 16.0 Å². The molecule has 1 unspecified atom stereocenters. The van der Waals surface area contributed by atoms with Crippen LogP contribution >= 0.6 is 0 Å². The third kappa shape index (κ3) is 3.05. The highest BCUT2D eigenvalue weighted by atomic mass is 32.2. The largest absolute Gasteiger partial charge is 0.477 e. The van der Waals surface area contributed by atoms with Crippen molar-refractivity contribution < 1.29 is 23.4 Å². The van der Waals surface area contributed by atoms with Crippen molar-refractivity contribution in [2.45, 2.75) is 17.9 Å². The van der Waals surface area contributed by atoms with Gasteiger partial charge in [0, 0.05) is 12.7 Å². The number of aliphatic hydroxyl groups is 1. The summed E-state index contributed by atoms with van der Waals surface area (Å²) in [6.45, 7) is 1.30. The lowest BCUT2D eigenvalue weighted by Crippen LogP contribution is -2.30. The molecule has 0 saturated heterocycles. The van der Waals surface area contributed by atoms with E-state index in [2.05, 4.69) is 9.71 Å². The number of hydrogen-bond donors (Lipinski definition) is 4. The second-order valence-electron chi connectivity index (χ2n) is 3.26. The maximum atomic E-state index is 11.5. The molecule has 1 aromatic rings. The number of aromatic amines is 1. The summed E-state index contributed by atoms with van der Waals surface area (Å²) in [4.78, 5) is 12.7. The maximum Gasteiger partial charge on any atom is 0.352 e. The monoisotopic (exact) mass is 248 g/mol. The lowest BCUT2D eigenvalue weighted by molar-refractivity contribution is 0.0691. The van der Waals surface area contributed by atoms with Crippen LogP contribution in [-0.4, -0.2) is 42.2 Å². The molecule has 1 atom stereocenters. The first kappa shape index (κ1) is 12.7. The summed E-state index contributed by atoms with van der Waals surface area (Å²) in [5.41, 5.74) is -0.211. The van der Waals surface area contributed by atoms with Crippen LogP contribution in [-0.2, 0) is 10.0 Å². The number of carboxylic acids is 1. The Balaban J connectivity index is 2.86. The second kappa shape index (κ2) is 4.64. The van der Waals surface area contributed by atoms with Crippen molar-refractivity contribution in [2.24, 2.45) is 0 Å². The second-order valence-corrected chi connectivity index (χ2v) is 5.02. The Kier molecular flexibility index (Phi) is 3.68. The summed E-state index contributed by atoms with van der Waals surface area (Å²) < 4.78 is 25.2. The van der Waals surface area contributed by atoms with Crippen molar-refractivity contribution in [3.8, 4) is 0 Å². The van der Waals surface area contributed by atoms with E-state index in [1.807, 2.05) is 0 Å². The van der Waals surface area contributed by atoms with Gasteiger partial charge < -0.3 is 15.2 Å². The molecule has 0 fully saturated rings. The average Bonchev–Trinajstić information content (AvgIpc) is 2.64. The summed E-state index contributed by atoms with van der Waals surface area (Å²) in [5, 5.41) is 17.5. The van der Waals surface area contributed by atoms with Crippen LogP contribution in [0, 0.1) is 0 Å². The van der Waals surface area contributed by atoms with Crippen LogP contribution < -0.4 is 4.72 Å². The van der Waals surface area contributed by atoms with Gasteiger partial charge in [0.2, 0.25) is 10.0 Å². The molecule has 0 aliphatic heterocycles. The molecule has 0 aliphatic carbocycles. The van der Waals surface area contributed by atoms with E-state index in [9.17, 15) is 13.2 Å². The van der Waals surface area contributed by atoms with Gasteiger partial charge >= 0.3 is 5.97 Å². The molecule has 0 aromatic carbocycles. The van der Waals surface area contributed by atoms with Crippen LogP contribution in [0.5, 0.6) is 0 Å². The topological polar surface area (TPSA) is 119 Å². The molecule has 0 amide bonds. The molecule has 0 bridgehead atoms. The van der Waals surface area contributed by atoms with Gasteiger partial charge in [-0.1, -0.05) is 0 Å². The van der Waals surface area contributed by atoms with Crippen LogP contribution in [0.25, 0.3) is 0 Å². The summed E-state index contributed by atoms with van der Waals surface area (Å²) in [5.74, 6) is -1.24.